The summed E-state index contributed by atoms with van der Waals surface area (Å²) in [5.41, 5.74) is 2.02. The molecule has 11 heteroatoms. The number of carbonyl (C=O) groups is 2. The lowest BCUT2D eigenvalue weighted by molar-refractivity contribution is -0.138. The van der Waals surface area contributed by atoms with Crippen LogP contribution < -0.4 is 14.8 Å². The number of thiophene rings is 1. The van der Waals surface area contributed by atoms with E-state index in [4.69, 9.17) is 21.1 Å². The normalized spacial score (nSPS) is 11.8. The third kappa shape index (κ3) is 6.47. The number of halogens is 1. The minimum Gasteiger partial charge on any atom is -0.493 e. The molecule has 0 saturated heterocycles. The van der Waals surface area contributed by atoms with Crippen molar-refractivity contribution in [2.24, 2.45) is 0 Å². The zero-order valence-electron chi connectivity index (χ0n) is 22.6. The van der Waals surface area contributed by atoms with Gasteiger partial charge in [0.25, 0.3) is 0 Å². The minimum absolute atomic E-state index is 0.234. The Hall–Kier alpha value is -3.86. The van der Waals surface area contributed by atoms with E-state index in [2.05, 4.69) is 10.3 Å². The number of ether oxygens (including phenoxy) is 2. The number of imidazole rings is 1. The molecular weight excluding hydrogens is 552 g/mol. The SMILES string of the molecule is COc1ccc(C(CO)C(=O)N(CC(=O)Nc2nc(-c3ccc(Cl)s3)cn2-c2ccccc2)C(C)C)cc1OC. The largest absolute Gasteiger partial charge is 0.493 e. The average Bonchev–Trinajstić information content (AvgIpc) is 3.58. The molecule has 40 heavy (non-hydrogen) atoms. The highest BCUT2D eigenvalue weighted by Crippen LogP contribution is 2.33. The van der Waals surface area contributed by atoms with Crippen molar-refractivity contribution < 1.29 is 24.2 Å². The van der Waals surface area contributed by atoms with Gasteiger partial charge in [-0.05, 0) is 55.8 Å². The highest BCUT2D eigenvalue weighted by molar-refractivity contribution is 7.19. The van der Waals surface area contributed by atoms with E-state index >= 15 is 0 Å². The van der Waals surface area contributed by atoms with Crippen molar-refractivity contribution in [3.05, 3.63) is 76.8 Å². The minimum atomic E-state index is -0.892. The Morgan fingerprint density at radius 2 is 1.80 bits per heavy atom. The number of rotatable bonds is 11. The summed E-state index contributed by atoms with van der Waals surface area (Å²) in [6.45, 7) is 2.96. The second kappa shape index (κ2) is 13.0. The third-order valence-corrected chi connectivity index (χ3v) is 7.58. The molecule has 0 aliphatic carbocycles. The van der Waals surface area contributed by atoms with Gasteiger partial charge in [0.15, 0.2) is 11.5 Å². The van der Waals surface area contributed by atoms with E-state index in [-0.39, 0.29) is 18.5 Å². The lowest BCUT2D eigenvalue weighted by Gasteiger charge is -2.30. The number of amides is 2. The molecule has 1 atom stereocenters. The first-order valence-corrected chi connectivity index (χ1v) is 13.8. The Morgan fingerprint density at radius 3 is 2.40 bits per heavy atom. The molecule has 2 aromatic carbocycles. The lowest BCUT2D eigenvalue weighted by atomic mass is 9.97. The third-order valence-electron chi connectivity index (χ3n) is 6.33. The fourth-order valence-corrected chi connectivity index (χ4v) is 5.25. The number of hydrogen-bond acceptors (Lipinski definition) is 7. The number of aliphatic hydroxyl groups is 1. The van der Waals surface area contributed by atoms with Crippen molar-refractivity contribution in [2.75, 3.05) is 32.7 Å². The van der Waals surface area contributed by atoms with Crippen LogP contribution in [-0.4, -0.2) is 64.8 Å². The highest BCUT2D eigenvalue weighted by Gasteiger charge is 2.30. The summed E-state index contributed by atoms with van der Waals surface area (Å²) in [4.78, 5) is 33.9. The zero-order chi connectivity index (χ0) is 28.8. The molecule has 2 aromatic heterocycles. The van der Waals surface area contributed by atoms with Gasteiger partial charge in [0, 0.05) is 17.9 Å². The molecule has 0 spiro atoms. The molecule has 0 saturated carbocycles. The summed E-state index contributed by atoms with van der Waals surface area (Å²) in [5.74, 6) is -0.448. The van der Waals surface area contributed by atoms with Gasteiger partial charge in [0.05, 0.1) is 36.0 Å². The number of anilines is 1. The molecule has 0 aliphatic heterocycles. The molecule has 0 fully saturated rings. The number of nitrogens with zero attached hydrogens (tertiary/aromatic N) is 3. The van der Waals surface area contributed by atoms with Crippen LogP contribution in [0.3, 0.4) is 0 Å². The summed E-state index contributed by atoms with van der Waals surface area (Å²) in [6, 6.07) is 17.9. The Morgan fingerprint density at radius 1 is 1.07 bits per heavy atom. The number of aromatic nitrogens is 2. The van der Waals surface area contributed by atoms with E-state index in [1.165, 1.54) is 30.5 Å². The van der Waals surface area contributed by atoms with Crippen LogP contribution in [0.1, 0.15) is 25.3 Å². The predicted molar refractivity (Wildman–Crippen MR) is 157 cm³/mol. The molecular formula is C29H31ClN4O5S. The fraction of sp³-hybridized carbons (Fsp3) is 0.276. The van der Waals surface area contributed by atoms with Crippen molar-refractivity contribution >= 4 is 40.7 Å². The number of para-hydroxylation sites is 1. The van der Waals surface area contributed by atoms with Gasteiger partial charge in [-0.2, -0.15) is 0 Å². The predicted octanol–water partition coefficient (Wildman–Crippen LogP) is 5.22. The number of carbonyl (C=O) groups excluding carboxylic acids is 2. The number of nitrogens with one attached hydrogen (secondary N) is 1. The molecule has 2 heterocycles. The fourth-order valence-electron chi connectivity index (χ4n) is 4.25. The maximum absolute atomic E-state index is 13.6. The summed E-state index contributed by atoms with van der Waals surface area (Å²) in [6.07, 6.45) is 1.83. The molecule has 2 amide bonds. The monoisotopic (exact) mass is 582 g/mol. The van der Waals surface area contributed by atoms with Crippen molar-refractivity contribution in [3.8, 4) is 27.8 Å². The van der Waals surface area contributed by atoms with E-state index in [0.29, 0.717) is 33.0 Å². The van der Waals surface area contributed by atoms with Gasteiger partial charge < -0.3 is 19.5 Å². The maximum atomic E-state index is 13.6. The summed E-state index contributed by atoms with van der Waals surface area (Å²) in [7, 11) is 3.02. The van der Waals surface area contributed by atoms with E-state index in [0.717, 1.165) is 10.6 Å². The van der Waals surface area contributed by atoms with Crippen LogP contribution in [0.4, 0.5) is 5.95 Å². The van der Waals surface area contributed by atoms with E-state index in [1.54, 1.807) is 28.8 Å². The second-order valence-electron chi connectivity index (χ2n) is 9.22. The number of benzene rings is 2. The molecule has 1 unspecified atom stereocenters. The van der Waals surface area contributed by atoms with Gasteiger partial charge in [0.2, 0.25) is 17.8 Å². The summed E-state index contributed by atoms with van der Waals surface area (Å²) in [5, 5.41) is 13.0. The lowest BCUT2D eigenvalue weighted by Crippen LogP contribution is -2.45. The number of methoxy groups -OCH3 is 2. The molecule has 0 aliphatic rings. The molecule has 0 bridgehead atoms. The van der Waals surface area contributed by atoms with Crippen LogP contribution in [0.15, 0.2) is 66.9 Å². The first-order chi connectivity index (χ1) is 19.2. The van der Waals surface area contributed by atoms with Crippen LogP contribution in [0.5, 0.6) is 11.5 Å². The average molecular weight is 583 g/mol. The van der Waals surface area contributed by atoms with Crippen LogP contribution >= 0.6 is 22.9 Å². The highest BCUT2D eigenvalue weighted by atomic mass is 35.5. The molecule has 4 aromatic rings. The Labute approximate surface area is 241 Å². The molecule has 2 N–H and O–H groups in total. The summed E-state index contributed by atoms with van der Waals surface area (Å²) >= 11 is 7.52. The number of hydrogen-bond donors (Lipinski definition) is 2. The van der Waals surface area contributed by atoms with Gasteiger partial charge >= 0.3 is 0 Å². The molecule has 210 valence electrons. The van der Waals surface area contributed by atoms with Gasteiger partial charge in [-0.15, -0.1) is 11.3 Å². The van der Waals surface area contributed by atoms with Gasteiger partial charge in [-0.3, -0.25) is 19.5 Å². The first kappa shape index (κ1) is 29.1. The van der Waals surface area contributed by atoms with Crippen LogP contribution in [0, 0.1) is 0 Å². The quantitative estimate of drug-likeness (QED) is 0.251. The van der Waals surface area contributed by atoms with Crippen LogP contribution in [0.2, 0.25) is 4.34 Å². The van der Waals surface area contributed by atoms with E-state index < -0.39 is 18.4 Å². The van der Waals surface area contributed by atoms with Crippen molar-refractivity contribution in [1.29, 1.82) is 0 Å². The molecule has 4 rings (SSSR count). The molecule has 0 radical (unpaired) electrons. The Kier molecular flexibility index (Phi) is 9.46. The van der Waals surface area contributed by atoms with Gasteiger partial charge in [-0.1, -0.05) is 35.9 Å². The maximum Gasteiger partial charge on any atom is 0.246 e. The van der Waals surface area contributed by atoms with Crippen LogP contribution in [-0.2, 0) is 9.59 Å². The zero-order valence-corrected chi connectivity index (χ0v) is 24.2. The second-order valence-corrected chi connectivity index (χ2v) is 10.9. The van der Waals surface area contributed by atoms with Crippen molar-refractivity contribution in [3.63, 3.8) is 0 Å². The van der Waals surface area contributed by atoms with E-state index in [1.807, 2.05) is 56.4 Å². The van der Waals surface area contributed by atoms with Crippen LogP contribution in [0.25, 0.3) is 16.3 Å². The smallest absolute Gasteiger partial charge is 0.246 e. The standard InChI is InChI=1S/C29H31ClN4O5S/c1-18(2)33(28(37)21(17-35)19-10-11-23(38-3)24(14-19)39-4)16-27(36)32-29-31-22(25-12-13-26(30)40-25)15-34(29)20-8-6-5-7-9-20/h5-15,18,21,35H,16-17H2,1-4H3,(H,31,32,36). The van der Waals surface area contributed by atoms with Crippen molar-refractivity contribution in [2.45, 2.75) is 25.8 Å². The Bertz CT molecular complexity index is 1470. The van der Waals surface area contributed by atoms with Crippen molar-refractivity contribution in [1.82, 2.24) is 14.5 Å². The first-order valence-electron chi connectivity index (χ1n) is 12.6. The Balaban J connectivity index is 1.58. The summed E-state index contributed by atoms with van der Waals surface area (Å²) < 4.78 is 13.1. The van der Waals surface area contributed by atoms with Gasteiger partial charge in [-0.25, -0.2) is 4.98 Å². The van der Waals surface area contributed by atoms with E-state index in [9.17, 15) is 14.7 Å². The van der Waals surface area contributed by atoms with Gasteiger partial charge in [0.1, 0.15) is 12.2 Å². The number of aliphatic hydroxyl groups excluding tert-OH is 1. The molecule has 9 nitrogen and oxygen atoms in total. The topological polar surface area (TPSA) is 106 Å².